The zero-order valence-corrected chi connectivity index (χ0v) is 11.0. The number of nitrogens with zero attached hydrogens (tertiary/aromatic N) is 5. The summed E-state index contributed by atoms with van der Waals surface area (Å²) in [6.07, 6.45) is 2.63. The maximum Gasteiger partial charge on any atom is 0.255 e. The number of aromatic nitrogens is 4. The van der Waals surface area contributed by atoms with E-state index in [0.29, 0.717) is 16.8 Å². The van der Waals surface area contributed by atoms with Gasteiger partial charge in [-0.1, -0.05) is 31.9 Å². The smallest absolute Gasteiger partial charge is 0.255 e. The first-order chi connectivity index (χ1) is 8.11. The molecule has 0 radical (unpaired) electrons. The van der Waals surface area contributed by atoms with Crippen molar-refractivity contribution in [3.8, 4) is 0 Å². The van der Waals surface area contributed by atoms with Gasteiger partial charge in [-0.2, -0.15) is 19.6 Å². The fourth-order valence-electron chi connectivity index (χ4n) is 1.73. The van der Waals surface area contributed by atoms with Crippen molar-refractivity contribution in [3.63, 3.8) is 0 Å². The Balaban J connectivity index is 2.36. The zero-order chi connectivity index (χ0) is 12.4. The Kier molecular flexibility index (Phi) is 3.47. The molecule has 0 spiro atoms. The van der Waals surface area contributed by atoms with Crippen LogP contribution in [-0.2, 0) is 0 Å². The molecule has 0 N–H and O–H groups in total. The summed E-state index contributed by atoms with van der Waals surface area (Å²) in [5, 5.41) is 4.60. The summed E-state index contributed by atoms with van der Waals surface area (Å²) in [7, 11) is 2.03. The summed E-state index contributed by atoms with van der Waals surface area (Å²) in [5.41, 5.74) is 0. The van der Waals surface area contributed by atoms with E-state index < -0.39 is 0 Å². The zero-order valence-electron chi connectivity index (χ0n) is 10.3. The maximum absolute atomic E-state index is 5.98. The van der Waals surface area contributed by atoms with Gasteiger partial charge in [-0.25, -0.2) is 0 Å². The van der Waals surface area contributed by atoms with E-state index in [-0.39, 0.29) is 0 Å². The van der Waals surface area contributed by atoms with Crippen molar-refractivity contribution in [2.45, 2.75) is 20.3 Å². The summed E-state index contributed by atoms with van der Waals surface area (Å²) in [4.78, 5) is 10.3. The van der Waals surface area contributed by atoms with E-state index in [9.17, 15) is 0 Å². The first-order valence-electron chi connectivity index (χ1n) is 5.69. The molecule has 0 aliphatic rings. The van der Waals surface area contributed by atoms with Crippen LogP contribution in [0.3, 0.4) is 0 Å². The Bertz CT molecular complexity index is 510. The molecule has 5 nitrogen and oxygen atoms in total. The van der Waals surface area contributed by atoms with Gasteiger partial charge in [-0.05, 0) is 5.92 Å². The van der Waals surface area contributed by atoms with Crippen LogP contribution >= 0.6 is 11.6 Å². The Morgan fingerprint density at radius 3 is 3.00 bits per heavy atom. The van der Waals surface area contributed by atoms with Crippen LogP contribution in [-0.4, -0.2) is 33.2 Å². The summed E-state index contributed by atoms with van der Waals surface area (Å²) in [6.45, 7) is 5.35. The Hall–Kier alpha value is -1.36. The van der Waals surface area contributed by atoms with Gasteiger partial charge in [0.1, 0.15) is 17.3 Å². The quantitative estimate of drug-likeness (QED) is 0.785. The average molecular weight is 254 g/mol. The number of hydrogen-bond acceptors (Lipinski definition) is 4. The number of rotatable bonds is 4. The maximum atomic E-state index is 5.98. The highest BCUT2D eigenvalue weighted by Crippen LogP contribution is 2.19. The molecule has 92 valence electrons. The second-order valence-electron chi connectivity index (χ2n) is 4.30. The van der Waals surface area contributed by atoms with Gasteiger partial charge >= 0.3 is 0 Å². The van der Waals surface area contributed by atoms with Gasteiger partial charge in [-0.3, -0.25) is 0 Å². The van der Waals surface area contributed by atoms with Crippen LogP contribution in [0.15, 0.2) is 12.4 Å². The lowest BCUT2D eigenvalue weighted by Gasteiger charge is -2.22. The van der Waals surface area contributed by atoms with E-state index in [0.717, 1.165) is 18.8 Å². The Morgan fingerprint density at radius 2 is 2.29 bits per heavy atom. The summed E-state index contributed by atoms with van der Waals surface area (Å²) in [6, 6.07) is 1.81. The van der Waals surface area contributed by atoms with Gasteiger partial charge < -0.3 is 4.90 Å². The lowest BCUT2D eigenvalue weighted by molar-refractivity contribution is 0.555. The van der Waals surface area contributed by atoms with Crippen LogP contribution in [0, 0.1) is 5.92 Å². The van der Waals surface area contributed by atoms with Crippen LogP contribution in [0.2, 0.25) is 5.15 Å². The largest absolute Gasteiger partial charge is 0.359 e. The SMILES string of the molecule is CCC(C)CN(C)c1cc(Cl)nc2ncnn12. The summed E-state index contributed by atoms with van der Waals surface area (Å²) < 4.78 is 1.70. The van der Waals surface area contributed by atoms with Crippen molar-refractivity contribution in [3.05, 3.63) is 17.5 Å². The van der Waals surface area contributed by atoms with E-state index in [2.05, 4.69) is 33.8 Å². The highest BCUT2D eigenvalue weighted by Gasteiger charge is 2.12. The molecule has 6 heteroatoms. The number of halogens is 1. The number of anilines is 1. The molecule has 2 aromatic rings. The first-order valence-corrected chi connectivity index (χ1v) is 6.07. The molecule has 0 saturated carbocycles. The van der Waals surface area contributed by atoms with Crippen LogP contribution in [0.4, 0.5) is 5.82 Å². The van der Waals surface area contributed by atoms with Crippen molar-refractivity contribution in [1.82, 2.24) is 19.6 Å². The van der Waals surface area contributed by atoms with Crippen molar-refractivity contribution < 1.29 is 0 Å². The highest BCUT2D eigenvalue weighted by atomic mass is 35.5. The molecule has 17 heavy (non-hydrogen) atoms. The normalized spacial score (nSPS) is 12.9. The second kappa shape index (κ2) is 4.87. The molecule has 0 saturated heterocycles. The lowest BCUT2D eigenvalue weighted by atomic mass is 10.1. The van der Waals surface area contributed by atoms with Crippen molar-refractivity contribution >= 4 is 23.2 Å². The summed E-state index contributed by atoms with van der Waals surface area (Å²) in [5.74, 6) is 2.06. The van der Waals surface area contributed by atoms with Gasteiger partial charge in [0.15, 0.2) is 0 Å². The van der Waals surface area contributed by atoms with Gasteiger partial charge in [0.2, 0.25) is 0 Å². The minimum atomic E-state index is 0.441. The minimum absolute atomic E-state index is 0.441. The van der Waals surface area contributed by atoms with Gasteiger partial charge in [0.05, 0.1) is 0 Å². The van der Waals surface area contributed by atoms with E-state index >= 15 is 0 Å². The predicted molar refractivity (Wildman–Crippen MR) is 68.5 cm³/mol. The average Bonchev–Trinajstić information content (AvgIpc) is 2.75. The molecule has 2 rings (SSSR count). The second-order valence-corrected chi connectivity index (χ2v) is 4.69. The van der Waals surface area contributed by atoms with Crippen LogP contribution in [0.25, 0.3) is 5.78 Å². The van der Waals surface area contributed by atoms with Crippen LogP contribution < -0.4 is 4.90 Å². The fraction of sp³-hybridized carbons (Fsp3) is 0.545. The van der Waals surface area contributed by atoms with E-state index in [1.165, 1.54) is 6.33 Å². The standard InChI is InChI=1S/C11H16ClN5/c1-4-8(2)6-16(3)10-5-9(12)15-11-13-7-14-17(10)11/h5,7-8H,4,6H2,1-3H3. The van der Waals surface area contributed by atoms with Gasteiger partial charge in [-0.15, -0.1) is 0 Å². The molecule has 0 aromatic carbocycles. The third-order valence-corrected chi connectivity index (χ3v) is 3.07. The molecule has 1 unspecified atom stereocenters. The van der Waals surface area contributed by atoms with E-state index in [1.54, 1.807) is 4.52 Å². The first kappa shape index (κ1) is 12.1. The molecule has 0 amide bonds. The van der Waals surface area contributed by atoms with Crippen LogP contribution in [0.5, 0.6) is 0 Å². The molecule has 0 aliphatic heterocycles. The van der Waals surface area contributed by atoms with E-state index in [4.69, 9.17) is 11.6 Å². The lowest BCUT2D eigenvalue weighted by Crippen LogP contribution is -2.26. The molecular weight excluding hydrogens is 238 g/mol. The van der Waals surface area contributed by atoms with Gasteiger partial charge in [0, 0.05) is 19.7 Å². The van der Waals surface area contributed by atoms with Gasteiger partial charge in [0.25, 0.3) is 5.78 Å². The Morgan fingerprint density at radius 1 is 1.53 bits per heavy atom. The van der Waals surface area contributed by atoms with Crippen molar-refractivity contribution in [2.75, 3.05) is 18.5 Å². The van der Waals surface area contributed by atoms with Crippen molar-refractivity contribution in [1.29, 1.82) is 0 Å². The number of fused-ring (bicyclic) bond motifs is 1. The third-order valence-electron chi connectivity index (χ3n) is 2.88. The molecular formula is C11H16ClN5. The predicted octanol–water partition coefficient (Wildman–Crippen LogP) is 2.26. The van der Waals surface area contributed by atoms with Crippen LogP contribution in [0.1, 0.15) is 20.3 Å². The molecule has 0 aliphatic carbocycles. The minimum Gasteiger partial charge on any atom is -0.359 e. The topological polar surface area (TPSA) is 46.3 Å². The molecule has 1 atom stereocenters. The highest BCUT2D eigenvalue weighted by molar-refractivity contribution is 6.29. The summed E-state index contributed by atoms with van der Waals surface area (Å²) >= 11 is 5.98. The molecule has 0 fully saturated rings. The van der Waals surface area contributed by atoms with Crippen molar-refractivity contribution in [2.24, 2.45) is 5.92 Å². The Labute approximate surface area is 105 Å². The molecule has 2 heterocycles. The monoisotopic (exact) mass is 253 g/mol. The molecule has 0 bridgehead atoms. The fourth-order valence-corrected chi connectivity index (χ4v) is 1.90. The molecule has 2 aromatic heterocycles. The number of hydrogen-bond donors (Lipinski definition) is 0. The van der Waals surface area contributed by atoms with E-state index in [1.807, 2.05) is 13.1 Å². The third kappa shape index (κ3) is 2.49.